The van der Waals surface area contributed by atoms with Crippen molar-refractivity contribution in [3.8, 4) is 0 Å². The maximum Gasteiger partial charge on any atom is 0.253 e. The Hall–Kier alpha value is 0.587. The van der Waals surface area contributed by atoms with Gasteiger partial charge >= 0.3 is 0 Å². The average molecular weight is 197 g/mol. The third kappa shape index (κ3) is 5.05. The van der Waals surface area contributed by atoms with E-state index in [0.29, 0.717) is 0 Å². The van der Waals surface area contributed by atoms with Crippen LogP contribution in [0.4, 0.5) is 13.2 Å². The van der Waals surface area contributed by atoms with Crippen LogP contribution in [0.3, 0.4) is 0 Å². The highest BCUT2D eigenvalue weighted by Gasteiger charge is 2.31. The van der Waals surface area contributed by atoms with Crippen molar-refractivity contribution >= 4 is 32.7 Å². The van der Waals surface area contributed by atoms with E-state index in [1.165, 1.54) is 0 Å². The molecule has 0 spiro atoms. The molecule has 0 aliphatic heterocycles. The molecule has 0 N–H and O–H groups in total. The molecule has 0 aromatic rings. The zero-order valence-electron chi connectivity index (χ0n) is 4.38. The molecule has 0 saturated carbocycles. The van der Waals surface area contributed by atoms with Gasteiger partial charge in [0.15, 0.2) is 0 Å². The Morgan fingerprint density at radius 2 is 1.89 bits per heavy atom. The summed E-state index contributed by atoms with van der Waals surface area (Å²) in [5.74, 6) is 0. The maximum atomic E-state index is 11.9. The van der Waals surface area contributed by atoms with Crippen LogP contribution in [-0.2, 0) is 0 Å². The van der Waals surface area contributed by atoms with Crippen molar-refractivity contribution in [2.24, 2.45) is 0 Å². The molecule has 0 aromatic heterocycles. The number of halogens is 5. The lowest BCUT2D eigenvalue weighted by molar-refractivity contribution is 0.0603. The van der Waals surface area contributed by atoms with E-state index in [4.69, 9.17) is 23.2 Å². The molecule has 0 atom stereocenters. The summed E-state index contributed by atoms with van der Waals surface area (Å²) in [6, 6.07) is 0. The molecule has 0 amide bonds. The minimum absolute atomic E-state index is 1.06. The SMILES string of the molecule is FCC(F)(F)[SiH2]C(Cl)Cl. The summed E-state index contributed by atoms with van der Waals surface area (Å²) in [5, 5.41) is 0. The molecular weight excluding hydrogens is 192 g/mol. The second kappa shape index (κ2) is 3.68. The van der Waals surface area contributed by atoms with Crippen molar-refractivity contribution in [1.82, 2.24) is 0 Å². The molecule has 0 bridgehead atoms. The Morgan fingerprint density at radius 3 is 2.00 bits per heavy atom. The first-order valence-electron chi connectivity index (χ1n) is 2.20. The minimum atomic E-state index is -3.23. The van der Waals surface area contributed by atoms with Crippen molar-refractivity contribution in [3.63, 3.8) is 0 Å². The van der Waals surface area contributed by atoms with Crippen LogP contribution in [-0.4, -0.2) is 26.2 Å². The van der Waals surface area contributed by atoms with Gasteiger partial charge in [-0.2, -0.15) is 0 Å². The van der Waals surface area contributed by atoms with E-state index in [9.17, 15) is 13.2 Å². The van der Waals surface area contributed by atoms with Crippen molar-refractivity contribution in [3.05, 3.63) is 0 Å². The van der Waals surface area contributed by atoms with E-state index in [1.54, 1.807) is 0 Å². The molecule has 0 saturated heterocycles. The quantitative estimate of drug-likeness (QED) is 0.474. The number of alkyl halides is 5. The molecule has 0 aromatic carbocycles. The second-order valence-corrected chi connectivity index (χ2v) is 6.16. The van der Waals surface area contributed by atoms with Crippen LogP contribution < -0.4 is 0 Å². The standard InChI is InChI=1S/C3H5Cl2F3Si/c4-2(5)9-3(7,8)1-6/h2H,1,9H2. The Kier molecular flexibility index (Phi) is 3.92. The van der Waals surface area contributed by atoms with Crippen LogP contribution in [0.5, 0.6) is 0 Å². The highest BCUT2D eigenvalue weighted by molar-refractivity contribution is 6.69. The van der Waals surface area contributed by atoms with E-state index in [0.717, 1.165) is 0 Å². The van der Waals surface area contributed by atoms with E-state index in [2.05, 4.69) is 0 Å². The summed E-state index contributed by atoms with van der Waals surface area (Å²) < 4.78 is 34.1. The van der Waals surface area contributed by atoms with Gasteiger partial charge in [0.1, 0.15) is 16.2 Å². The first-order chi connectivity index (χ1) is 3.98. The average Bonchev–Trinajstić information content (AvgIpc) is 1.63. The Bertz CT molecular complexity index is 87.1. The van der Waals surface area contributed by atoms with Crippen molar-refractivity contribution in [1.29, 1.82) is 0 Å². The summed E-state index contributed by atoms with van der Waals surface area (Å²) >= 11 is 10.0. The molecular formula is C3H5Cl2F3Si. The van der Waals surface area contributed by atoms with E-state index in [-0.39, 0.29) is 0 Å². The van der Waals surface area contributed by atoms with Gasteiger partial charge < -0.3 is 0 Å². The van der Waals surface area contributed by atoms with Gasteiger partial charge in [-0.1, -0.05) is 0 Å². The second-order valence-electron chi connectivity index (χ2n) is 1.58. The smallest absolute Gasteiger partial charge is 0.245 e. The molecule has 0 fully saturated rings. The number of rotatable bonds is 3. The third-order valence-electron chi connectivity index (χ3n) is 0.648. The fourth-order valence-electron chi connectivity index (χ4n) is 0.280. The van der Waals surface area contributed by atoms with Gasteiger partial charge in [-0.3, -0.25) is 0 Å². The molecule has 0 nitrogen and oxygen atoms in total. The van der Waals surface area contributed by atoms with Crippen molar-refractivity contribution in [2.45, 2.75) is 10.0 Å². The van der Waals surface area contributed by atoms with Crippen LogP contribution in [0.2, 0.25) is 0 Å². The molecule has 9 heavy (non-hydrogen) atoms. The van der Waals surface area contributed by atoms with Gasteiger partial charge in [-0.15, -0.1) is 23.2 Å². The molecule has 0 aliphatic rings. The number of hydrogen-bond donors (Lipinski definition) is 0. The monoisotopic (exact) mass is 196 g/mol. The van der Waals surface area contributed by atoms with E-state index >= 15 is 0 Å². The Labute approximate surface area is 63.1 Å². The molecule has 0 unspecified atom stereocenters. The molecule has 0 rings (SSSR count). The Morgan fingerprint density at radius 1 is 1.44 bits per heavy atom. The van der Waals surface area contributed by atoms with Crippen LogP contribution in [0.25, 0.3) is 0 Å². The van der Waals surface area contributed by atoms with Gasteiger partial charge in [0.05, 0.1) is 4.46 Å². The summed E-state index contributed by atoms with van der Waals surface area (Å²) in [5.41, 5.74) is -3.23. The summed E-state index contributed by atoms with van der Waals surface area (Å²) in [4.78, 5) is 0. The van der Waals surface area contributed by atoms with Gasteiger partial charge in [-0.25, -0.2) is 13.2 Å². The molecule has 0 heterocycles. The highest BCUT2D eigenvalue weighted by atomic mass is 35.5. The fourth-order valence-corrected chi connectivity index (χ4v) is 2.20. The third-order valence-corrected chi connectivity index (χ3v) is 2.67. The zero-order chi connectivity index (χ0) is 7.49. The maximum absolute atomic E-state index is 11.9. The van der Waals surface area contributed by atoms with Crippen LogP contribution in [0, 0.1) is 0 Å². The topological polar surface area (TPSA) is 0 Å². The van der Waals surface area contributed by atoms with Gasteiger partial charge in [0, 0.05) is 0 Å². The van der Waals surface area contributed by atoms with Crippen LogP contribution >= 0.6 is 23.2 Å². The lowest BCUT2D eigenvalue weighted by Crippen LogP contribution is -2.31. The lowest BCUT2D eigenvalue weighted by atomic mass is 10.8. The van der Waals surface area contributed by atoms with Crippen molar-refractivity contribution in [2.75, 3.05) is 6.67 Å². The predicted molar refractivity (Wildman–Crippen MR) is 35.0 cm³/mol. The summed E-state index contributed by atoms with van der Waals surface area (Å²) in [6.07, 6.45) is 0. The Balaban J connectivity index is 3.58. The van der Waals surface area contributed by atoms with Crippen LogP contribution in [0.1, 0.15) is 0 Å². The molecule has 0 radical (unpaired) electrons. The summed E-state index contributed by atoms with van der Waals surface area (Å²) in [6.45, 7) is -1.64. The minimum Gasteiger partial charge on any atom is -0.245 e. The molecule has 0 aliphatic carbocycles. The fraction of sp³-hybridized carbons (Fsp3) is 1.00. The van der Waals surface area contributed by atoms with E-state index in [1.807, 2.05) is 0 Å². The predicted octanol–water partition coefficient (Wildman–Crippen LogP) is 1.48. The molecule has 56 valence electrons. The van der Waals surface area contributed by atoms with Crippen LogP contribution in [0.15, 0.2) is 0 Å². The van der Waals surface area contributed by atoms with Gasteiger partial charge in [-0.05, 0) is 0 Å². The normalized spacial score (nSPS) is 14.0. The summed E-state index contributed by atoms with van der Waals surface area (Å²) in [7, 11) is -2.00. The number of hydrogen-bond acceptors (Lipinski definition) is 0. The first-order valence-corrected chi connectivity index (χ1v) is 4.59. The van der Waals surface area contributed by atoms with Gasteiger partial charge in [0.2, 0.25) is 0 Å². The lowest BCUT2D eigenvalue weighted by Gasteiger charge is -2.10. The zero-order valence-corrected chi connectivity index (χ0v) is 7.31. The molecule has 6 heteroatoms. The first kappa shape index (κ1) is 9.59. The van der Waals surface area contributed by atoms with Crippen molar-refractivity contribution < 1.29 is 13.2 Å². The van der Waals surface area contributed by atoms with Gasteiger partial charge in [0.25, 0.3) is 5.55 Å². The van der Waals surface area contributed by atoms with E-state index < -0.39 is 26.2 Å². The highest BCUT2D eigenvalue weighted by Crippen LogP contribution is 2.16. The largest absolute Gasteiger partial charge is 0.253 e.